The van der Waals surface area contributed by atoms with Crippen molar-refractivity contribution in [2.24, 2.45) is 14.1 Å². The highest BCUT2D eigenvalue weighted by Crippen LogP contribution is 2.08. The van der Waals surface area contributed by atoms with Gasteiger partial charge in [-0.05, 0) is 25.5 Å². The van der Waals surface area contributed by atoms with Gasteiger partial charge in [0.05, 0.1) is 5.69 Å². The van der Waals surface area contributed by atoms with Crippen molar-refractivity contribution in [3.8, 4) is 0 Å². The summed E-state index contributed by atoms with van der Waals surface area (Å²) in [4.78, 5) is 12.0. The largest absolute Gasteiger partial charge is 0.292 e. The highest BCUT2D eigenvalue weighted by atomic mass is 16.1. The molecule has 0 N–H and O–H groups in total. The van der Waals surface area contributed by atoms with E-state index in [1.54, 1.807) is 22.6 Å². The van der Waals surface area contributed by atoms with Crippen molar-refractivity contribution >= 4 is 5.78 Å². The molecule has 0 atom stereocenters. The zero-order valence-electron chi connectivity index (χ0n) is 10.3. The first-order valence-corrected chi connectivity index (χ1v) is 5.58. The SMILES string of the molecule is Cc1cc(C(=O)CCc2ccnn2C)n(C)n1. The second-order valence-corrected chi connectivity index (χ2v) is 4.16. The Morgan fingerprint density at radius 3 is 2.65 bits per heavy atom. The Kier molecular flexibility index (Phi) is 3.08. The molecule has 0 saturated heterocycles. The number of Topliss-reactive ketones (excluding diaryl/α,β-unsaturated/α-hetero) is 1. The second-order valence-electron chi connectivity index (χ2n) is 4.16. The number of nitrogens with zero attached hydrogens (tertiary/aromatic N) is 4. The molecule has 0 unspecified atom stereocenters. The highest BCUT2D eigenvalue weighted by Gasteiger charge is 2.12. The molecule has 0 aliphatic carbocycles. The molecule has 0 spiro atoms. The molecule has 2 aromatic rings. The lowest BCUT2D eigenvalue weighted by atomic mass is 10.1. The molecule has 17 heavy (non-hydrogen) atoms. The zero-order chi connectivity index (χ0) is 12.4. The third-order valence-corrected chi connectivity index (χ3v) is 2.82. The van der Waals surface area contributed by atoms with Gasteiger partial charge in [0.2, 0.25) is 0 Å². The molecular weight excluding hydrogens is 216 g/mol. The second kappa shape index (κ2) is 4.53. The minimum atomic E-state index is 0.120. The molecule has 0 saturated carbocycles. The van der Waals surface area contributed by atoms with E-state index in [2.05, 4.69) is 10.2 Å². The number of carbonyl (C=O) groups excluding carboxylic acids is 1. The van der Waals surface area contributed by atoms with Crippen molar-refractivity contribution in [1.29, 1.82) is 0 Å². The molecule has 2 rings (SSSR count). The van der Waals surface area contributed by atoms with Crippen molar-refractivity contribution < 1.29 is 4.79 Å². The van der Waals surface area contributed by atoms with Crippen molar-refractivity contribution in [2.45, 2.75) is 19.8 Å². The van der Waals surface area contributed by atoms with E-state index < -0.39 is 0 Å². The van der Waals surface area contributed by atoms with Crippen molar-refractivity contribution in [2.75, 3.05) is 0 Å². The van der Waals surface area contributed by atoms with E-state index >= 15 is 0 Å². The maximum atomic E-state index is 12.0. The third kappa shape index (κ3) is 2.43. The fourth-order valence-electron chi connectivity index (χ4n) is 1.89. The lowest BCUT2D eigenvalue weighted by Gasteiger charge is -2.02. The topological polar surface area (TPSA) is 52.7 Å². The Morgan fingerprint density at radius 1 is 1.35 bits per heavy atom. The molecule has 0 aliphatic heterocycles. The van der Waals surface area contributed by atoms with Crippen LogP contribution in [0.25, 0.3) is 0 Å². The molecule has 90 valence electrons. The summed E-state index contributed by atoms with van der Waals surface area (Å²) in [5.74, 6) is 0.120. The number of hydrogen-bond donors (Lipinski definition) is 0. The summed E-state index contributed by atoms with van der Waals surface area (Å²) < 4.78 is 3.43. The summed E-state index contributed by atoms with van der Waals surface area (Å²) in [5, 5.41) is 8.25. The van der Waals surface area contributed by atoms with Gasteiger partial charge in [-0.25, -0.2) is 0 Å². The van der Waals surface area contributed by atoms with Crippen molar-refractivity contribution in [3.05, 3.63) is 35.4 Å². The van der Waals surface area contributed by atoms with Crippen LogP contribution in [0.5, 0.6) is 0 Å². The smallest absolute Gasteiger partial charge is 0.181 e. The number of aryl methyl sites for hydroxylation is 4. The van der Waals surface area contributed by atoms with Crippen LogP contribution in [0, 0.1) is 6.92 Å². The van der Waals surface area contributed by atoms with Crippen LogP contribution in [0.1, 0.15) is 28.3 Å². The molecule has 0 aliphatic rings. The Balaban J connectivity index is 2.03. The van der Waals surface area contributed by atoms with Gasteiger partial charge in [0.1, 0.15) is 5.69 Å². The van der Waals surface area contributed by atoms with Crippen LogP contribution in [0.3, 0.4) is 0 Å². The lowest BCUT2D eigenvalue weighted by Crippen LogP contribution is -2.09. The maximum Gasteiger partial charge on any atom is 0.181 e. The van der Waals surface area contributed by atoms with Crippen LogP contribution in [0.2, 0.25) is 0 Å². The van der Waals surface area contributed by atoms with E-state index in [-0.39, 0.29) is 5.78 Å². The first-order chi connectivity index (χ1) is 8.08. The Bertz CT molecular complexity index is 538. The van der Waals surface area contributed by atoms with Gasteiger partial charge in [-0.15, -0.1) is 0 Å². The molecular formula is C12H16N4O. The van der Waals surface area contributed by atoms with E-state index in [4.69, 9.17) is 0 Å². The zero-order valence-corrected chi connectivity index (χ0v) is 10.3. The number of hydrogen-bond acceptors (Lipinski definition) is 3. The third-order valence-electron chi connectivity index (χ3n) is 2.82. The molecule has 0 amide bonds. The van der Waals surface area contributed by atoms with E-state index in [9.17, 15) is 4.79 Å². The lowest BCUT2D eigenvalue weighted by molar-refractivity contribution is 0.0973. The summed E-state index contributed by atoms with van der Waals surface area (Å²) in [7, 11) is 3.68. The standard InChI is InChI=1S/C12H16N4O/c1-9-8-11(16(3)14-9)12(17)5-4-10-6-7-13-15(10)2/h6-8H,4-5H2,1-3H3. The molecule has 2 heterocycles. The number of ketones is 1. The predicted molar refractivity (Wildman–Crippen MR) is 63.8 cm³/mol. The van der Waals surface area contributed by atoms with Crippen LogP contribution < -0.4 is 0 Å². The minimum absolute atomic E-state index is 0.120. The fraction of sp³-hybridized carbons (Fsp3) is 0.417. The molecule has 5 heteroatoms. The summed E-state index contributed by atoms with van der Waals surface area (Å²) in [6.07, 6.45) is 2.94. The summed E-state index contributed by atoms with van der Waals surface area (Å²) in [5.41, 5.74) is 2.61. The first-order valence-electron chi connectivity index (χ1n) is 5.58. The van der Waals surface area contributed by atoms with Crippen molar-refractivity contribution in [3.63, 3.8) is 0 Å². The summed E-state index contributed by atoms with van der Waals surface area (Å²) in [6, 6.07) is 3.76. The van der Waals surface area contributed by atoms with Gasteiger partial charge in [0, 0.05) is 32.4 Å². The fourth-order valence-corrected chi connectivity index (χ4v) is 1.89. The average Bonchev–Trinajstić information content (AvgIpc) is 2.81. The quantitative estimate of drug-likeness (QED) is 0.746. The van der Waals surface area contributed by atoms with Gasteiger partial charge in [-0.1, -0.05) is 0 Å². The van der Waals surface area contributed by atoms with Gasteiger partial charge in [0.25, 0.3) is 0 Å². The van der Waals surface area contributed by atoms with Gasteiger partial charge in [0.15, 0.2) is 5.78 Å². The van der Waals surface area contributed by atoms with Crippen LogP contribution >= 0.6 is 0 Å². The van der Waals surface area contributed by atoms with Gasteiger partial charge in [-0.2, -0.15) is 10.2 Å². The molecule has 5 nitrogen and oxygen atoms in total. The molecule has 0 aromatic carbocycles. The van der Waals surface area contributed by atoms with E-state index in [0.717, 1.165) is 11.4 Å². The Hall–Kier alpha value is -1.91. The van der Waals surface area contributed by atoms with Gasteiger partial charge < -0.3 is 0 Å². The normalized spacial score (nSPS) is 10.8. The van der Waals surface area contributed by atoms with E-state index in [1.807, 2.05) is 26.1 Å². The van der Waals surface area contributed by atoms with Crippen LogP contribution in [-0.4, -0.2) is 25.3 Å². The van der Waals surface area contributed by atoms with Crippen LogP contribution in [-0.2, 0) is 20.5 Å². The molecule has 0 fully saturated rings. The number of aromatic nitrogens is 4. The van der Waals surface area contributed by atoms with Gasteiger partial charge in [-0.3, -0.25) is 14.2 Å². The minimum Gasteiger partial charge on any atom is -0.292 e. The molecule has 0 radical (unpaired) electrons. The first kappa shape index (κ1) is 11.6. The van der Waals surface area contributed by atoms with Crippen molar-refractivity contribution in [1.82, 2.24) is 19.6 Å². The number of rotatable bonds is 4. The molecule has 2 aromatic heterocycles. The molecule has 0 bridgehead atoms. The average molecular weight is 232 g/mol. The predicted octanol–water partition coefficient (Wildman–Crippen LogP) is 1.28. The summed E-state index contributed by atoms with van der Waals surface area (Å²) in [6.45, 7) is 1.89. The van der Waals surface area contributed by atoms with Gasteiger partial charge >= 0.3 is 0 Å². The van der Waals surface area contributed by atoms with E-state index in [1.165, 1.54) is 0 Å². The van der Waals surface area contributed by atoms with E-state index in [0.29, 0.717) is 18.5 Å². The highest BCUT2D eigenvalue weighted by molar-refractivity contribution is 5.94. The van der Waals surface area contributed by atoms with Crippen LogP contribution in [0.4, 0.5) is 0 Å². The number of carbonyl (C=O) groups is 1. The Morgan fingerprint density at radius 2 is 2.12 bits per heavy atom. The Labute approximate surface area is 100 Å². The summed E-state index contributed by atoms with van der Waals surface area (Å²) >= 11 is 0. The maximum absolute atomic E-state index is 12.0. The van der Waals surface area contributed by atoms with Crippen LogP contribution in [0.15, 0.2) is 18.3 Å². The monoisotopic (exact) mass is 232 g/mol.